The number of nitro groups is 1. The lowest BCUT2D eigenvalue weighted by Gasteiger charge is -2.15. The van der Waals surface area contributed by atoms with Crippen molar-refractivity contribution < 1.29 is 19.2 Å². The monoisotopic (exact) mass is 479 g/mol. The number of fused-ring (bicyclic) bond motifs is 1. The van der Waals surface area contributed by atoms with Gasteiger partial charge in [-0.25, -0.2) is 0 Å². The molecule has 36 heavy (non-hydrogen) atoms. The minimum Gasteiger partial charge on any atom is -0.493 e. The van der Waals surface area contributed by atoms with Gasteiger partial charge in [-0.2, -0.15) is 5.26 Å². The fourth-order valence-corrected chi connectivity index (χ4v) is 3.73. The first-order valence-electron chi connectivity index (χ1n) is 10.9. The van der Waals surface area contributed by atoms with Crippen molar-refractivity contribution in [2.75, 3.05) is 12.4 Å². The molecule has 0 spiro atoms. The summed E-state index contributed by atoms with van der Waals surface area (Å²) in [5, 5.41) is 25.3. The number of nitriles is 1. The fraction of sp³-hybridized carbons (Fsp3) is 0.0714. The van der Waals surface area contributed by atoms with Gasteiger partial charge >= 0.3 is 0 Å². The largest absolute Gasteiger partial charge is 0.493 e. The highest BCUT2D eigenvalue weighted by atomic mass is 16.6. The number of rotatable bonds is 8. The van der Waals surface area contributed by atoms with Gasteiger partial charge in [-0.3, -0.25) is 14.9 Å². The number of carbonyl (C=O) groups is 1. The van der Waals surface area contributed by atoms with Gasteiger partial charge in [-0.05, 0) is 34.5 Å². The van der Waals surface area contributed by atoms with Crippen LogP contribution < -0.4 is 14.8 Å². The predicted molar refractivity (Wildman–Crippen MR) is 137 cm³/mol. The van der Waals surface area contributed by atoms with Crippen molar-refractivity contribution in [3.8, 4) is 17.6 Å². The minimum atomic E-state index is -0.708. The molecule has 0 heterocycles. The number of hydrogen-bond donors (Lipinski definition) is 1. The lowest BCUT2D eigenvalue weighted by atomic mass is 10.1. The molecule has 4 rings (SSSR count). The molecule has 0 aromatic heterocycles. The summed E-state index contributed by atoms with van der Waals surface area (Å²) in [6.07, 6.45) is 1.40. The van der Waals surface area contributed by atoms with Crippen molar-refractivity contribution in [3.05, 3.63) is 112 Å². The zero-order valence-electron chi connectivity index (χ0n) is 19.3. The molecule has 8 nitrogen and oxygen atoms in total. The highest BCUT2D eigenvalue weighted by Gasteiger charge is 2.16. The Hall–Kier alpha value is -5.16. The van der Waals surface area contributed by atoms with Gasteiger partial charge in [-0.15, -0.1) is 0 Å². The van der Waals surface area contributed by atoms with Crippen LogP contribution in [0.25, 0.3) is 16.8 Å². The Balaban J connectivity index is 1.62. The second-order valence-corrected chi connectivity index (χ2v) is 7.74. The summed E-state index contributed by atoms with van der Waals surface area (Å²) in [6, 6.07) is 26.5. The number of nitro benzene ring substituents is 1. The van der Waals surface area contributed by atoms with E-state index in [0.717, 1.165) is 16.3 Å². The van der Waals surface area contributed by atoms with E-state index in [2.05, 4.69) is 5.32 Å². The lowest BCUT2D eigenvalue weighted by molar-refractivity contribution is -0.384. The van der Waals surface area contributed by atoms with E-state index in [4.69, 9.17) is 9.47 Å². The van der Waals surface area contributed by atoms with Gasteiger partial charge in [0.15, 0.2) is 11.5 Å². The number of amides is 1. The molecule has 0 aliphatic rings. The standard InChI is InChI=1S/C28H21N3O5/c1-35-26-14-5-9-20(27(26)36-18-21-10-4-8-19-7-2-3-13-25(19)21)15-22(17-29)28(32)30-23-11-6-12-24(16-23)31(33)34/h2-16H,18H2,1H3,(H,30,32)/b22-15+. The van der Waals surface area contributed by atoms with Gasteiger partial charge in [0.05, 0.1) is 12.0 Å². The van der Waals surface area contributed by atoms with Crippen LogP contribution >= 0.6 is 0 Å². The maximum atomic E-state index is 12.8. The first-order valence-corrected chi connectivity index (χ1v) is 10.9. The van der Waals surface area contributed by atoms with Crippen LogP contribution in [0.3, 0.4) is 0 Å². The van der Waals surface area contributed by atoms with Gasteiger partial charge in [0.25, 0.3) is 11.6 Å². The van der Waals surface area contributed by atoms with E-state index < -0.39 is 10.8 Å². The van der Waals surface area contributed by atoms with Crippen molar-refractivity contribution in [2.45, 2.75) is 6.61 Å². The maximum Gasteiger partial charge on any atom is 0.271 e. The average molecular weight is 479 g/mol. The van der Waals surface area contributed by atoms with Gasteiger partial charge < -0.3 is 14.8 Å². The molecule has 178 valence electrons. The molecule has 0 atom stereocenters. The SMILES string of the molecule is COc1cccc(/C=C(\C#N)C(=O)Nc2cccc([N+](=O)[O-])c2)c1OCc1cccc2ccccc12. The van der Waals surface area contributed by atoms with Crippen LogP contribution in [0.1, 0.15) is 11.1 Å². The van der Waals surface area contributed by atoms with Gasteiger partial charge in [-0.1, -0.05) is 60.7 Å². The zero-order valence-corrected chi connectivity index (χ0v) is 19.3. The van der Waals surface area contributed by atoms with Gasteiger partial charge in [0.2, 0.25) is 0 Å². The van der Waals surface area contributed by atoms with E-state index in [-0.39, 0.29) is 23.6 Å². The third kappa shape index (κ3) is 5.32. The van der Waals surface area contributed by atoms with Crippen molar-refractivity contribution in [1.82, 2.24) is 0 Å². The highest BCUT2D eigenvalue weighted by Crippen LogP contribution is 2.34. The molecular formula is C28H21N3O5. The molecule has 0 fully saturated rings. The molecule has 0 unspecified atom stereocenters. The topological polar surface area (TPSA) is 114 Å². The van der Waals surface area contributed by atoms with Gasteiger partial charge in [0, 0.05) is 23.4 Å². The number of carbonyl (C=O) groups excluding carboxylic acids is 1. The summed E-state index contributed by atoms with van der Waals surface area (Å²) in [5.74, 6) is 0.116. The zero-order chi connectivity index (χ0) is 25.5. The van der Waals surface area contributed by atoms with E-state index in [1.807, 2.05) is 48.5 Å². The van der Waals surface area contributed by atoms with Crippen molar-refractivity contribution in [1.29, 1.82) is 5.26 Å². The highest BCUT2D eigenvalue weighted by molar-refractivity contribution is 6.10. The number of hydrogen-bond acceptors (Lipinski definition) is 6. The smallest absolute Gasteiger partial charge is 0.271 e. The second kappa shape index (κ2) is 10.8. The van der Waals surface area contributed by atoms with E-state index in [1.165, 1.54) is 37.5 Å². The number of anilines is 1. The molecule has 0 saturated carbocycles. The Labute approximate surface area is 207 Å². The molecule has 4 aromatic carbocycles. The molecule has 0 aliphatic heterocycles. The Morgan fingerprint density at radius 2 is 1.81 bits per heavy atom. The first-order chi connectivity index (χ1) is 17.5. The van der Waals surface area contributed by atoms with Crippen LogP contribution in [-0.2, 0) is 11.4 Å². The van der Waals surface area contributed by atoms with E-state index in [1.54, 1.807) is 18.2 Å². The Morgan fingerprint density at radius 1 is 1.06 bits per heavy atom. The molecule has 0 bridgehead atoms. The summed E-state index contributed by atoms with van der Waals surface area (Å²) < 4.78 is 11.6. The number of ether oxygens (including phenoxy) is 2. The van der Waals surface area contributed by atoms with Gasteiger partial charge in [0.1, 0.15) is 18.2 Å². The number of nitrogens with one attached hydrogen (secondary N) is 1. The molecule has 1 amide bonds. The third-order valence-electron chi connectivity index (χ3n) is 5.46. The molecule has 1 N–H and O–H groups in total. The average Bonchev–Trinajstić information content (AvgIpc) is 2.90. The van der Waals surface area contributed by atoms with Crippen LogP contribution in [0.5, 0.6) is 11.5 Å². The number of benzene rings is 4. The Kier molecular flexibility index (Phi) is 7.22. The fourth-order valence-electron chi connectivity index (χ4n) is 3.73. The van der Waals surface area contributed by atoms with E-state index in [0.29, 0.717) is 17.1 Å². The molecule has 8 heteroatoms. The quantitative estimate of drug-likeness (QED) is 0.146. The number of nitrogens with zero attached hydrogens (tertiary/aromatic N) is 2. The van der Waals surface area contributed by atoms with Crippen LogP contribution in [0, 0.1) is 21.4 Å². The number of non-ortho nitro benzene ring substituents is 1. The normalized spacial score (nSPS) is 10.9. The lowest BCUT2D eigenvalue weighted by Crippen LogP contribution is -2.13. The second-order valence-electron chi connectivity index (χ2n) is 7.74. The van der Waals surface area contributed by atoms with Crippen molar-refractivity contribution in [3.63, 3.8) is 0 Å². The number of methoxy groups -OCH3 is 1. The maximum absolute atomic E-state index is 12.8. The Bertz CT molecular complexity index is 1520. The van der Waals surface area contributed by atoms with Crippen LogP contribution in [0.2, 0.25) is 0 Å². The third-order valence-corrected chi connectivity index (χ3v) is 5.46. The van der Waals surface area contributed by atoms with Crippen LogP contribution in [-0.4, -0.2) is 17.9 Å². The minimum absolute atomic E-state index is 0.174. The summed E-state index contributed by atoms with van der Waals surface area (Å²) in [4.78, 5) is 23.2. The molecule has 0 radical (unpaired) electrons. The predicted octanol–water partition coefficient (Wildman–Crippen LogP) is 5.88. The number of para-hydroxylation sites is 1. The molecule has 4 aromatic rings. The molecule has 0 aliphatic carbocycles. The van der Waals surface area contributed by atoms with E-state index >= 15 is 0 Å². The van der Waals surface area contributed by atoms with Crippen LogP contribution in [0.15, 0.2) is 90.5 Å². The van der Waals surface area contributed by atoms with E-state index in [9.17, 15) is 20.2 Å². The van der Waals surface area contributed by atoms with Crippen LogP contribution in [0.4, 0.5) is 11.4 Å². The summed E-state index contributed by atoms with van der Waals surface area (Å²) in [6.45, 7) is 0.240. The van der Waals surface area contributed by atoms with Crippen molar-refractivity contribution in [2.24, 2.45) is 0 Å². The molecule has 0 saturated heterocycles. The van der Waals surface area contributed by atoms with Crippen molar-refractivity contribution >= 4 is 34.1 Å². The summed E-state index contributed by atoms with van der Waals surface area (Å²) in [5.41, 5.74) is 1.27. The summed E-state index contributed by atoms with van der Waals surface area (Å²) in [7, 11) is 1.51. The molecular weight excluding hydrogens is 458 g/mol. The Morgan fingerprint density at radius 3 is 2.58 bits per heavy atom. The first kappa shape index (κ1) is 24.0. The summed E-state index contributed by atoms with van der Waals surface area (Å²) >= 11 is 0.